The standard InChI is InChI=1S/C13H18ClN3/c1-4-11(15)13-10-7-9(14)5-6-12(10)17(16-13)8(2)3/h5-8,11H,4,15H2,1-3H3. The highest BCUT2D eigenvalue weighted by atomic mass is 35.5. The zero-order valence-electron chi connectivity index (χ0n) is 10.4. The first-order valence-electron chi connectivity index (χ1n) is 5.97. The number of rotatable bonds is 3. The molecule has 1 unspecified atom stereocenters. The van der Waals surface area contributed by atoms with Crippen molar-refractivity contribution in [1.29, 1.82) is 0 Å². The van der Waals surface area contributed by atoms with Crippen LogP contribution in [0.3, 0.4) is 0 Å². The van der Waals surface area contributed by atoms with Crippen molar-refractivity contribution in [3.05, 3.63) is 28.9 Å². The van der Waals surface area contributed by atoms with Crippen LogP contribution in [0.15, 0.2) is 18.2 Å². The largest absolute Gasteiger partial charge is 0.323 e. The molecule has 2 aromatic rings. The van der Waals surface area contributed by atoms with Crippen molar-refractivity contribution >= 4 is 22.5 Å². The van der Waals surface area contributed by atoms with Crippen LogP contribution in [0, 0.1) is 0 Å². The third kappa shape index (κ3) is 2.17. The van der Waals surface area contributed by atoms with E-state index in [1.165, 1.54) is 0 Å². The van der Waals surface area contributed by atoms with Crippen molar-refractivity contribution < 1.29 is 0 Å². The Morgan fingerprint density at radius 3 is 2.71 bits per heavy atom. The molecule has 0 aliphatic rings. The highest BCUT2D eigenvalue weighted by Crippen LogP contribution is 2.28. The minimum absolute atomic E-state index is 0.0315. The first kappa shape index (κ1) is 12.4. The normalized spacial score (nSPS) is 13.5. The SMILES string of the molecule is CCC(N)c1nn(C(C)C)c2ccc(Cl)cc12. The number of nitrogens with two attached hydrogens (primary N) is 1. The molecule has 1 aromatic heterocycles. The van der Waals surface area contributed by atoms with E-state index in [1.807, 2.05) is 22.9 Å². The maximum atomic E-state index is 6.10. The highest BCUT2D eigenvalue weighted by Gasteiger charge is 2.16. The molecule has 17 heavy (non-hydrogen) atoms. The summed E-state index contributed by atoms with van der Waals surface area (Å²) in [6.45, 7) is 6.29. The maximum absolute atomic E-state index is 6.10. The van der Waals surface area contributed by atoms with E-state index in [1.54, 1.807) is 0 Å². The van der Waals surface area contributed by atoms with Gasteiger partial charge in [-0.3, -0.25) is 4.68 Å². The minimum atomic E-state index is -0.0315. The quantitative estimate of drug-likeness (QED) is 0.904. The van der Waals surface area contributed by atoms with Crippen LogP contribution in [0.1, 0.15) is 45.0 Å². The first-order chi connectivity index (χ1) is 8.04. The van der Waals surface area contributed by atoms with Gasteiger partial charge in [-0.1, -0.05) is 18.5 Å². The molecular formula is C13H18ClN3. The molecule has 2 N–H and O–H groups in total. The Kier molecular flexibility index (Phi) is 3.40. The lowest BCUT2D eigenvalue weighted by Crippen LogP contribution is -2.11. The summed E-state index contributed by atoms with van der Waals surface area (Å²) in [4.78, 5) is 0. The van der Waals surface area contributed by atoms with Crippen LogP contribution in [-0.2, 0) is 0 Å². The molecule has 3 nitrogen and oxygen atoms in total. The fourth-order valence-corrected chi connectivity index (χ4v) is 2.17. The van der Waals surface area contributed by atoms with E-state index >= 15 is 0 Å². The van der Waals surface area contributed by atoms with Crippen LogP contribution in [0.2, 0.25) is 5.02 Å². The lowest BCUT2D eigenvalue weighted by molar-refractivity contribution is 0.531. The number of aromatic nitrogens is 2. The smallest absolute Gasteiger partial charge is 0.0870 e. The molecule has 1 heterocycles. The second-order valence-corrected chi connectivity index (χ2v) is 5.04. The molecule has 4 heteroatoms. The summed E-state index contributed by atoms with van der Waals surface area (Å²) >= 11 is 6.05. The molecule has 0 bridgehead atoms. The van der Waals surface area contributed by atoms with Crippen LogP contribution >= 0.6 is 11.6 Å². The molecule has 0 radical (unpaired) electrons. The number of halogens is 1. The number of hydrogen-bond acceptors (Lipinski definition) is 2. The van der Waals surface area contributed by atoms with E-state index in [0.29, 0.717) is 6.04 Å². The molecule has 0 saturated heterocycles. The lowest BCUT2D eigenvalue weighted by Gasteiger charge is -2.07. The monoisotopic (exact) mass is 251 g/mol. The van der Waals surface area contributed by atoms with Gasteiger partial charge in [-0.25, -0.2) is 0 Å². The molecule has 0 fully saturated rings. The van der Waals surface area contributed by atoms with Gasteiger partial charge in [-0.05, 0) is 38.5 Å². The van der Waals surface area contributed by atoms with Crippen molar-refractivity contribution in [2.45, 2.75) is 39.3 Å². The number of nitrogens with zero attached hydrogens (tertiary/aromatic N) is 2. The zero-order valence-corrected chi connectivity index (χ0v) is 11.2. The van der Waals surface area contributed by atoms with E-state index in [9.17, 15) is 0 Å². The first-order valence-corrected chi connectivity index (χ1v) is 6.35. The Hall–Kier alpha value is -1.06. The van der Waals surface area contributed by atoms with Gasteiger partial charge >= 0.3 is 0 Å². The number of benzene rings is 1. The average molecular weight is 252 g/mol. The molecule has 1 aromatic carbocycles. The summed E-state index contributed by atoms with van der Waals surface area (Å²) in [5, 5.41) is 6.43. The predicted molar refractivity (Wildman–Crippen MR) is 72.3 cm³/mol. The Labute approximate surface area is 107 Å². The van der Waals surface area contributed by atoms with Gasteiger partial charge in [0.05, 0.1) is 11.2 Å². The van der Waals surface area contributed by atoms with E-state index in [0.717, 1.165) is 28.0 Å². The second-order valence-electron chi connectivity index (χ2n) is 4.60. The Morgan fingerprint density at radius 1 is 1.41 bits per heavy atom. The van der Waals surface area contributed by atoms with Crippen LogP contribution < -0.4 is 5.73 Å². The predicted octanol–water partition coefficient (Wildman–Crippen LogP) is 3.68. The fraction of sp³-hybridized carbons (Fsp3) is 0.462. The molecule has 1 atom stereocenters. The molecule has 0 aliphatic heterocycles. The Bertz CT molecular complexity index is 531. The molecule has 2 rings (SSSR count). The van der Waals surface area contributed by atoms with E-state index in [2.05, 4.69) is 25.9 Å². The van der Waals surface area contributed by atoms with Crippen LogP contribution in [0.5, 0.6) is 0 Å². The zero-order chi connectivity index (χ0) is 12.6. The van der Waals surface area contributed by atoms with Crippen molar-refractivity contribution in [3.8, 4) is 0 Å². The van der Waals surface area contributed by atoms with E-state index in [4.69, 9.17) is 17.3 Å². The summed E-state index contributed by atoms with van der Waals surface area (Å²) in [6, 6.07) is 6.14. The third-order valence-corrected chi connectivity index (χ3v) is 3.21. The molecular weight excluding hydrogens is 234 g/mol. The molecule has 92 valence electrons. The van der Waals surface area contributed by atoms with Gasteiger partial charge in [0.25, 0.3) is 0 Å². The summed E-state index contributed by atoms with van der Waals surface area (Å²) in [6.07, 6.45) is 0.872. The highest BCUT2D eigenvalue weighted by molar-refractivity contribution is 6.31. The van der Waals surface area contributed by atoms with E-state index in [-0.39, 0.29) is 6.04 Å². The van der Waals surface area contributed by atoms with Crippen LogP contribution in [0.4, 0.5) is 0 Å². The fourth-order valence-electron chi connectivity index (χ4n) is 2.00. The molecule has 0 amide bonds. The number of hydrogen-bond donors (Lipinski definition) is 1. The van der Waals surface area contributed by atoms with Crippen molar-refractivity contribution in [1.82, 2.24) is 9.78 Å². The topological polar surface area (TPSA) is 43.8 Å². The summed E-state index contributed by atoms with van der Waals surface area (Å²) in [7, 11) is 0. The molecule has 0 spiro atoms. The third-order valence-electron chi connectivity index (χ3n) is 2.98. The molecule has 0 saturated carbocycles. The maximum Gasteiger partial charge on any atom is 0.0870 e. The Morgan fingerprint density at radius 2 is 2.12 bits per heavy atom. The lowest BCUT2D eigenvalue weighted by atomic mass is 10.1. The second kappa shape index (κ2) is 4.67. The van der Waals surface area contributed by atoms with E-state index < -0.39 is 0 Å². The summed E-state index contributed by atoms with van der Waals surface area (Å²) < 4.78 is 2.01. The van der Waals surface area contributed by atoms with Gasteiger partial charge in [0, 0.05) is 22.5 Å². The summed E-state index contributed by atoms with van der Waals surface area (Å²) in [5.74, 6) is 0. The van der Waals surface area contributed by atoms with Gasteiger partial charge in [-0.15, -0.1) is 0 Å². The average Bonchev–Trinajstić information content (AvgIpc) is 2.66. The van der Waals surface area contributed by atoms with Crippen molar-refractivity contribution in [3.63, 3.8) is 0 Å². The van der Waals surface area contributed by atoms with Gasteiger partial charge < -0.3 is 5.73 Å². The number of fused-ring (bicyclic) bond motifs is 1. The van der Waals surface area contributed by atoms with Crippen molar-refractivity contribution in [2.75, 3.05) is 0 Å². The Balaban J connectivity index is 2.71. The summed E-state index contributed by atoms with van der Waals surface area (Å²) in [5.41, 5.74) is 8.15. The molecule has 0 aliphatic carbocycles. The van der Waals surface area contributed by atoms with Gasteiger partial charge in [-0.2, -0.15) is 5.10 Å². The minimum Gasteiger partial charge on any atom is -0.323 e. The van der Waals surface area contributed by atoms with Gasteiger partial charge in [0.2, 0.25) is 0 Å². The van der Waals surface area contributed by atoms with Gasteiger partial charge in [0.1, 0.15) is 0 Å². The van der Waals surface area contributed by atoms with Crippen LogP contribution in [0.25, 0.3) is 10.9 Å². The van der Waals surface area contributed by atoms with Gasteiger partial charge in [0.15, 0.2) is 0 Å². The van der Waals surface area contributed by atoms with Crippen LogP contribution in [-0.4, -0.2) is 9.78 Å². The van der Waals surface area contributed by atoms with Crippen molar-refractivity contribution in [2.24, 2.45) is 5.73 Å².